The van der Waals surface area contributed by atoms with Gasteiger partial charge in [-0.1, -0.05) is 12.1 Å². The Balaban J connectivity index is 3.01. The fourth-order valence-corrected chi connectivity index (χ4v) is 0.628. The minimum atomic E-state index is 0.597. The number of nitrogen functional groups attached to an aromatic ring is 1. The Morgan fingerprint density at radius 2 is 2.00 bits per heavy atom. The highest BCUT2D eigenvalue weighted by Gasteiger charge is 1.96. The van der Waals surface area contributed by atoms with Gasteiger partial charge in [0.25, 0.3) is 0 Å². The Morgan fingerprint density at radius 3 is 2.44 bits per heavy atom. The lowest BCUT2D eigenvalue weighted by atomic mass is 10.3. The van der Waals surface area contributed by atoms with E-state index in [1.165, 1.54) is 0 Å². The summed E-state index contributed by atoms with van der Waals surface area (Å²) in [6.07, 6.45) is 0. The lowest BCUT2D eigenvalue weighted by Gasteiger charge is -1.94. The van der Waals surface area contributed by atoms with Crippen LogP contribution in [0.4, 0.5) is 11.4 Å². The lowest BCUT2D eigenvalue weighted by Crippen LogP contribution is -2.73. The van der Waals surface area contributed by atoms with Crippen molar-refractivity contribution in [2.75, 3.05) is 5.73 Å². The van der Waals surface area contributed by atoms with Gasteiger partial charge in [-0.25, -0.2) is 5.21 Å². The minimum absolute atomic E-state index is 0.597. The van der Waals surface area contributed by atoms with E-state index in [2.05, 4.69) is 0 Å². The molecule has 0 aliphatic carbocycles. The first-order valence-electron chi connectivity index (χ1n) is 2.66. The summed E-state index contributed by atoms with van der Waals surface area (Å²) in [7, 11) is 0. The average Bonchev–Trinajstić information content (AvgIpc) is 1.89. The molecule has 0 radical (unpaired) electrons. The second-order valence-electron chi connectivity index (χ2n) is 1.76. The van der Waals surface area contributed by atoms with E-state index in [1.807, 2.05) is 12.1 Å². The fourth-order valence-electron chi connectivity index (χ4n) is 0.628. The normalized spacial score (nSPS) is 9.44. The van der Waals surface area contributed by atoms with Crippen molar-refractivity contribution in [2.24, 2.45) is 0 Å². The predicted octanol–water partition coefficient (Wildman–Crippen LogP) is -0.147. The molecule has 0 aliphatic heterocycles. The first kappa shape index (κ1) is 6.07. The number of hydrogen-bond acceptors (Lipinski definition) is 2. The van der Waals surface area contributed by atoms with E-state index in [1.54, 1.807) is 12.1 Å². The minimum Gasteiger partial charge on any atom is -0.394 e. The summed E-state index contributed by atoms with van der Waals surface area (Å²) in [5, 5.41) is 8.51. The maximum Gasteiger partial charge on any atom is 0.184 e. The highest BCUT2D eigenvalue weighted by atomic mass is 16.5. The number of hydrogen-bond donors (Lipinski definition) is 3. The van der Waals surface area contributed by atoms with E-state index in [9.17, 15) is 0 Å². The van der Waals surface area contributed by atoms with Gasteiger partial charge in [0.05, 0.1) is 5.69 Å². The molecule has 0 saturated carbocycles. The van der Waals surface area contributed by atoms with E-state index in [-0.39, 0.29) is 0 Å². The number of nitrogens with two attached hydrogens (primary N) is 2. The number of para-hydroxylation sites is 2. The topological polar surface area (TPSA) is 62.9 Å². The zero-order chi connectivity index (χ0) is 6.69. The van der Waals surface area contributed by atoms with Crippen LogP contribution in [0.1, 0.15) is 0 Å². The van der Waals surface area contributed by atoms with Crippen molar-refractivity contribution in [1.82, 2.24) is 0 Å². The number of benzene rings is 1. The number of anilines is 1. The molecule has 5 N–H and O–H groups in total. The van der Waals surface area contributed by atoms with Gasteiger partial charge in [0.15, 0.2) is 5.69 Å². The van der Waals surface area contributed by atoms with Crippen LogP contribution in [0.5, 0.6) is 0 Å². The molecule has 0 spiro atoms. The molecule has 0 amide bonds. The predicted molar refractivity (Wildman–Crippen MR) is 34.2 cm³/mol. The van der Waals surface area contributed by atoms with E-state index in [4.69, 9.17) is 10.9 Å². The van der Waals surface area contributed by atoms with Crippen LogP contribution in [0.25, 0.3) is 0 Å². The van der Waals surface area contributed by atoms with E-state index in [0.717, 1.165) is 5.48 Å². The van der Waals surface area contributed by atoms with Crippen molar-refractivity contribution in [3.8, 4) is 0 Å². The maximum atomic E-state index is 8.51. The van der Waals surface area contributed by atoms with Crippen LogP contribution >= 0.6 is 0 Å². The van der Waals surface area contributed by atoms with Crippen LogP contribution in [0.3, 0.4) is 0 Å². The lowest BCUT2D eigenvalue weighted by molar-refractivity contribution is -0.825. The van der Waals surface area contributed by atoms with E-state index in [0.29, 0.717) is 11.4 Å². The van der Waals surface area contributed by atoms with Crippen molar-refractivity contribution in [2.45, 2.75) is 0 Å². The Hall–Kier alpha value is -1.06. The highest BCUT2D eigenvalue weighted by Crippen LogP contribution is 2.09. The smallest absolute Gasteiger partial charge is 0.184 e. The quantitative estimate of drug-likeness (QED) is 0.361. The van der Waals surface area contributed by atoms with Gasteiger partial charge in [-0.2, -0.15) is 5.48 Å². The first-order valence-corrected chi connectivity index (χ1v) is 2.66. The molecule has 9 heavy (non-hydrogen) atoms. The highest BCUT2D eigenvalue weighted by molar-refractivity contribution is 5.56. The summed E-state index contributed by atoms with van der Waals surface area (Å²) in [4.78, 5) is 0. The van der Waals surface area contributed by atoms with Crippen molar-refractivity contribution in [3.05, 3.63) is 24.3 Å². The zero-order valence-electron chi connectivity index (χ0n) is 4.91. The van der Waals surface area contributed by atoms with Crippen molar-refractivity contribution < 1.29 is 10.7 Å². The van der Waals surface area contributed by atoms with Crippen LogP contribution in [0.15, 0.2) is 24.3 Å². The molecule has 0 unspecified atom stereocenters. The molecule has 3 heteroatoms. The Labute approximate surface area is 53.1 Å². The molecule has 1 aromatic rings. The molecule has 0 bridgehead atoms. The second kappa shape index (κ2) is 2.48. The SMILES string of the molecule is Nc1ccccc1[NH2+]O. The summed E-state index contributed by atoms with van der Waals surface area (Å²) in [6.45, 7) is 0. The Bertz CT molecular complexity index is 200. The molecule has 0 atom stereocenters. The monoisotopic (exact) mass is 125 g/mol. The zero-order valence-corrected chi connectivity index (χ0v) is 4.91. The molecule has 1 aromatic carbocycles. The van der Waals surface area contributed by atoms with Gasteiger partial charge in [-0.15, -0.1) is 0 Å². The van der Waals surface area contributed by atoms with Crippen LogP contribution in [0.2, 0.25) is 0 Å². The maximum absolute atomic E-state index is 8.51. The second-order valence-corrected chi connectivity index (χ2v) is 1.76. The summed E-state index contributed by atoms with van der Waals surface area (Å²) in [5.74, 6) is 0. The van der Waals surface area contributed by atoms with Gasteiger partial charge in [0, 0.05) is 6.07 Å². The molecule has 0 heterocycles. The molecule has 0 aromatic heterocycles. The molecule has 48 valence electrons. The molecule has 3 nitrogen and oxygen atoms in total. The molecular weight excluding hydrogens is 116 g/mol. The number of quaternary nitrogens is 1. The fraction of sp³-hybridized carbons (Fsp3) is 0. The molecule has 1 rings (SSSR count). The van der Waals surface area contributed by atoms with Gasteiger partial charge in [0.1, 0.15) is 0 Å². The molecule has 0 saturated heterocycles. The summed E-state index contributed by atoms with van der Waals surface area (Å²) in [5.41, 5.74) is 7.70. The van der Waals surface area contributed by atoms with E-state index >= 15 is 0 Å². The largest absolute Gasteiger partial charge is 0.394 e. The van der Waals surface area contributed by atoms with Crippen molar-refractivity contribution >= 4 is 11.4 Å². The Morgan fingerprint density at radius 1 is 1.33 bits per heavy atom. The third kappa shape index (κ3) is 1.19. The third-order valence-electron chi connectivity index (χ3n) is 1.14. The average molecular weight is 125 g/mol. The van der Waals surface area contributed by atoms with Crippen LogP contribution in [-0.2, 0) is 0 Å². The summed E-state index contributed by atoms with van der Waals surface area (Å²) < 4.78 is 0. The van der Waals surface area contributed by atoms with Gasteiger partial charge in [0.2, 0.25) is 0 Å². The van der Waals surface area contributed by atoms with E-state index < -0.39 is 0 Å². The Kier molecular flexibility index (Phi) is 1.67. The third-order valence-corrected chi connectivity index (χ3v) is 1.14. The van der Waals surface area contributed by atoms with Crippen molar-refractivity contribution in [1.29, 1.82) is 0 Å². The number of rotatable bonds is 1. The van der Waals surface area contributed by atoms with Crippen LogP contribution in [-0.4, -0.2) is 5.21 Å². The van der Waals surface area contributed by atoms with Crippen LogP contribution < -0.4 is 11.2 Å². The van der Waals surface area contributed by atoms with Crippen LogP contribution in [0, 0.1) is 0 Å². The van der Waals surface area contributed by atoms with Gasteiger partial charge < -0.3 is 5.73 Å². The summed E-state index contributed by atoms with van der Waals surface area (Å²) >= 11 is 0. The van der Waals surface area contributed by atoms with Gasteiger partial charge in [-0.3, -0.25) is 0 Å². The molecular formula is C6H9N2O+. The summed E-state index contributed by atoms with van der Waals surface area (Å²) in [6, 6.07) is 7.12. The molecule has 0 aliphatic rings. The molecule has 0 fully saturated rings. The van der Waals surface area contributed by atoms with Gasteiger partial charge >= 0.3 is 0 Å². The van der Waals surface area contributed by atoms with Crippen molar-refractivity contribution in [3.63, 3.8) is 0 Å². The van der Waals surface area contributed by atoms with Gasteiger partial charge in [-0.05, 0) is 6.07 Å². The first-order chi connectivity index (χ1) is 4.34. The standard InChI is InChI=1S/C6H8N2O/c7-5-3-1-2-4-6(5)8-9/h1-4,8-9H,7H2/p+1.